The SMILES string of the molecule is COc1ccc(-c2ccccc2)c2cc(CO)c(N)nc12. The van der Waals surface area contributed by atoms with Gasteiger partial charge in [-0.05, 0) is 29.3 Å². The van der Waals surface area contributed by atoms with Gasteiger partial charge in [0.2, 0.25) is 0 Å². The Kier molecular flexibility index (Phi) is 3.46. The van der Waals surface area contributed by atoms with Gasteiger partial charge in [0.15, 0.2) is 0 Å². The first-order valence-electron chi connectivity index (χ1n) is 6.67. The lowest BCUT2D eigenvalue weighted by Crippen LogP contribution is -2.00. The molecule has 0 saturated carbocycles. The van der Waals surface area contributed by atoms with Crippen molar-refractivity contribution < 1.29 is 9.84 Å². The van der Waals surface area contributed by atoms with E-state index in [1.807, 2.05) is 48.5 Å². The smallest absolute Gasteiger partial charge is 0.145 e. The van der Waals surface area contributed by atoms with E-state index in [9.17, 15) is 5.11 Å². The summed E-state index contributed by atoms with van der Waals surface area (Å²) in [6.45, 7) is -0.139. The van der Waals surface area contributed by atoms with E-state index < -0.39 is 0 Å². The molecule has 0 amide bonds. The van der Waals surface area contributed by atoms with Gasteiger partial charge < -0.3 is 15.6 Å². The number of ether oxygens (including phenoxy) is 1. The summed E-state index contributed by atoms with van der Waals surface area (Å²) in [5.74, 6) is 0.995. The fourth-order valence-electron chi connectivity index (χ4n) is 2.45. The summed E-state index contributed by atoms with van der Waals surface area (Å²) < 4.78 is 5.37. The van der Waals surface area contributed by atoms with Gasteiger partial charge in [0, 0.05) is 10.9 Å². The first-order chi connectivity index (χ1) is 10.2. The number of benzene rings is 2. The van der Waals surface area contributed by atoms with Crippen LogP contribution in [0.5, 0.6) is 5.75 Å². The third-order valence-electron chi connectivity index (χ3n) is 3.53. The number of nitrogens with zero attached hydrogens (tertiary/aromatic N) is 1. The highest BCUT2D eigenvalue weighted by atomic mass is 16.5. The Morgan fingerprint density at radius 3 is 2.57 bits per heavy atom. The lowest BCUT2D eigenvalue weighted by Gasteiger charge is -2.12. The van der Waals surface area contributed by atoms with Crippen LogP contribution in [0.25, 0.3) is 22.0 Å². The van der Waals surface area contributed by atoms with Crippen LogP contribution >= 0.6 is 0 Å². The van der Waals surface area contributed by atoms with E-state index in [-0.39, 0.29) is 6.61 Å². The van der Waals surface area contributed by atoms with Crippen LogP contribution in [0.3, 0.4) is 0 Å². The monoisotopic (exact) mass is 280 g/mol. The number of pyridine rings is 1. The number of nitrogens with two attached hydrogens (primary N) is 1. The molecule has 3 rings (SSSR count). The van der Waals surface area contributed by atoms with Crippen molar-refractivity contribution in [3.8, 4) is 16.9 Å². The van der Waals surface area contributed by atoms with Crippen LogP contribution in [0.15, 0.2) is 48.5 Å². The molecule has 0 aliphatic rings. The highest BCUT2D eigenvalue weighted by Crippen LogP contribution is 2.35. The highest BCUT2D eigenvalue weighted by molar-refractivity contribution is 5.99. The maximum Gasteiger partial charge on any atom is 0.145 e. The molecule has 106 valence electrons. The normalized spacial score (nSPS) is 10.8. The number of aliphatic hydroxyl groups excluding tert-OH is 1. The molecule has 0 bridgehead atoms. The molecule has 0 unspecified atom stereocenters. The number of hydrogen-bond acceptors (Lipinski definition) is 4. The number of aromatic nitrogens is 1. The van der Waals surface area contributed by atoms with E-state index >= 15 is 0 Å². The minimum atomic E-state index is -0.139. The summed E-state index contributed by atoms with van der Waals surface area (Å²) >= 11 is 0. The van der Waals surface area contributed by atoms with E-state index in [0.29, 0.717) is 22.6 Å². The van der Waals surface area contributed by atoms with Crippen LogP contribution in [0.2, 0.25) is 0 Å². The number of hydrogen-bond donors (Lipinski definition) is 2. The number of methoxy groups -OCH3 is 1. The van der Waals surface area contributed by atoms with Crippen molar-refractivity contribution >= 4 is 16.7 Å². The zero-order valence-corrected chi connectivity index (χ0v) is 11.7. The molecule has 0 spiro atoms. The lowest BCUT2D eigenvalue weighted by molar-refractivity contribution is 0.282. The Hall–Kier alpha value is -2.59. The average Bonchev–Trinajstić information content (AvgIpc) is 2.54. The summed E-state index contributed by atoms with van der Waals surface area (Å²) in [6, 6.07) is 15.8. The Labute approximate surface area is 122 Å². The second kappa shape index (κ2) is 5.42. The molecular weight excluding hydrogens is 264 g/mol. The van der Waals surface area contributed by atoms with Crippen LogP contribution < -0.4 is 10.5 Å². The molecule has 0 radical (unpaired) electrons. The Bertz CT molecular complexity index is 786. The van der Waals surface area contributed by atoms with Crippen molar-refractivity contribution in [1.29, 1.82) is 0 Å². The molecule has 1 heterocycles. The third kappa shape index (κ3) is 2.30. The van der Waals surface area contributed by atoms with E-state index in [2.05, 4.69) is 4.98 Å². The molecule has 3 N–H and O–H groups in total. The fraction of sp³-hybridized carbons (Fsp3) is 0.118. The molecule has 0 aliphatic carbocycles. The van der Waals surface area contributed by atoms with Gasteiger partial charge in [-0.15, -0.1) is 0 Å². The molecule has 3 aromatic rings. The van der Waals surface area contributed by atoms with E-state index in [4.69, 9.17) is 10.5 Å². The van der Waals surface area contributed by atoms with Crippen LogP contribution in [-0.4, -0.2) is 17.2 Å². The highest BCUT2D eigenvalue weighted by Gasteiger charge is 2.12. The molecule has 4 heteroatoms. The van der Waals surface area contributed by atoms with Crippen molar-refractivity contribution in [2.24, 2.45) is 0 Å². The van der Waals surface area contributed by atoms with Gasteiger partial charge in [0.1, 0.15) is 17.1 Å². The molecule has 0 fully saturated rings. The molecule has 4 nitrogen and oxygen atoms in total. The minimum absolute atomic E-state index is 0.139. The van der Waals surface area contributed by atoms with Gasteiger partial charge in [-0.25, -0.2) is 4.98 Å². The fourth-order valence-corrected chi connectivity index (χ4v) is 2.45. The van der Waals surface area contributed by atoms with Crippen LogP contribution in [0, 0.1) is 0 Å². The standard InChI is InChI=1S/C17H16N2O2/c1-21-15-8-7-13(11-5-3-2-4-6-11)14-9-12(10-20)17(18)19-16(14)15/h2-9,20H,10H2,1H3,(H2,18,19). The topological polar surface area (TPSA) is 68.4 Å². The van der Waals surface area contributed by atoms with Crippen LogP contribution in [0.1, 0.15) is 5.56 Å². The van der Waals surface area contributed by atoms with Gasteiger partial charge in [0.25, 0.3) is 0 Å². The van der Waals surface area contributed by atoms with Gasteiger partial charge >= 0.3 is 0 Å². The van der Waals surface area contributed by atoms with E-state index in [0.717, 1.165) is 16.5 Å². The van der Waals surface area contributed by atoms with Crippen molar-refractivity contribution in [1.82, 2.24) is 4.98 Å². The number of rotatable bonds is 3. The molecule has 0 aliphatic heterocycles. The number of nitrogen functional groups attached to an aromatic ring is 1. The molecule has 1 aromatic heterocycles. The predicted octanol–water partition coefficient (Wildman–Crippen LogP) is 2.98. The Morgan fingerprint density at radius 1 is 1.14 bits per heavy atom. The Balaban J connectivity index is 2.36. The first-order valence-corrected chi connectivity index (χ1v) is 6.67. The summed E-state index contributed by atoms with van der Waals surface area (Å²) in [7, 11) is 1.61. The molecule has 0 atom stereocenters. The Morgan fingerprint density at radius 2 is 1.90 bits per heavy atom. The van der Waals surface area contributed by atoms with Gasteiger partial charge in [-0.3, -0.25) is 0 Å². The van der Waals surface area contributed by atoms with E-state index in [1.54, 1.807) is 7.11 Å². The average molecular weight is 280 g/mol. The van der Waals surface area contributed by atoms with Crippen molar-refractivity contribution in [3.63, 3.8) is 0 Å². The van der Waals surface area contributed by atoms with Gasteiger partial charge in [0.05, 0.1) is 13.7 Å². The van der Waals surface area contributed by atoms with Crippen LogP contribution in [-0.2, 0) is 6.61 Å². The predicted molar refractivity (Wildman–Crippen MR) is 84.1 cm³/mol. The largest absolute Gasteiger partial charge is 0.494 e. The van der Waals surface area contributed by atoms with Crippen molar-refractivity contribution in [2.75, 3.05) is 12.8 Å². The maximum atomic E-state index is 9.41. The van der Waals surface area contributed by atoms with Gasteiger partial charge in [-0.2, -0.15) is 0 Å². The zero-order chi connectivity index (χ0) is 14.8. The number of aliphatic hydroxyl groups is 1. The number of fused-ring (bicyclic) bond motifs is 1. The molecule has 0 saturated heterocycles. The summed E-state index contributed by atoms with van der Waals surface area (Å²) in [6.07, 6.45) is 0. The maximum absolute atomic E-state index is 9.41. The second-order valence-corrected chi connectivity index (χ2v) is 4.77. The van der Waals surface area contributed by atoms with E-state index in [1.165, 1.54) is 0 Å². The second-order valence-electron chi connectivity index (χ2n) is 4.77. The lowest BCUT2D eigenvalue weighted by atomic mass is 9.99. The van der Waals surface area contributed by atoms with Crippen molar-refractivity contribution in [3.05, 3.63) is 54.1 Å². The summed E-state index contributed by atoms with van der Waals surface area (Å²) in [5.41, 5.74) is 9.32. The molecule has 21 heavy (non-hydrogen) atoms. The third-order valence-corrected chi connectivity index (χ3v) is 3.53. The van der Waals surface area contributed by atoms with Crippen LogP contribution in [0.4, 0.5) is 5.82 Å². The summed E-state index contributed by atoms with van der Waals surface area (Å²) in [5, 5.41) is 10.3. The quantitative estimate of drug-likeness (QED) is 0.774. The van der Waals surface area contributed by atoms with Gasteiger partial charge in [-0.1, -0.05) is 30.3 Å². The minimum Gasteiger partial charge on any atom is -0.494 e. The summed E-state index contributed by atoms with van der Waals surface area (Å²) in [4.78, 5) is 4.40. The first kappa shape index (κ1) is 13.4. The molecular formula is C17H16N2O2. The van der Waals surface area contributed by atoms with Crippen molar-refractivity contribution in [2.45, 2.75) is 6.61 Å². The molecule has 2 aromatic carbocycles. The number of anilines is 1. The zero-order valence-electron chi connectivity index (χ0n) is 11.7.